The predicted molar refractivity (Wildman–Crippen MR) is 82.6 cm³/mol. The summed E-state index contributed by atoms with van der Waals surface area (Å²) < 4.78 is 20.3. The molecule has 0 amide bonds. The Kier molecular flexibility index (Phi) is 4.45. The number of hydrogen-bond acceptors (Lipinski definition) is 2. The van der Waals surface area contributed by atoms with E-state index >= 15 is 0 Å². The topological polar surface area (TPSA) is 35.2 Å². The third-order valence-electron chi connectivity index (χ3n) is 3.33. The normalized spacial score (nSPS) is 12.3. The van der Waals surface area contributed by atoms with Crippen molar-refractivity contribution in [2.45, 2.75) is 19.9 Å². The number of hydrogen-bond donors (Lipinski definition) is 1. The van der Waals surface area contributed by atoms with Crippen LogP contribution in [-0.4, -0.2) is 7.11 Å². The third kappa shape index (κ3) is 2.86. The molecule has 20 heavy (non-hydrogen) atoms. The zero-order chi connectivity index (χ0) is 14.9. The van der Waals surface area contributed by atoms with Gasteiger partial charge in [-0.25, -0.2) is 4.39 Å². The van der Waals surface area contributed by atoms with E-state index < -0.39 is 6.04 Å². The van der Waals surface area contributed by atoms with Gasteiger partial charge in [-0.3, -0.25) is 0 Å². The molecule has 4 heteroatoms. The van der Waals surface area contributed by atoms with E-state index in [4.69, 9.17) is 10.5 Å². The fraction of sp³-hybridized carbons (Fsp3) is 0.250. The Balaban J connectivity index is 2.54. The maximum Gasteiger partial charge on any atom is 0.128 e. The van der Waals surface area contributed by atoms with Gasteiger partial charge in [0.25, 0.3) is 0 Å². The molecular weight excluding hydrogens is 321 g/mol. The average Bonchev–Trinajstić information content (AvgIpc) is 2.37. The molecule has 2 N–H and O–H groups in total. The fourth-order valence-corrected chi connectivity index (χ4v) is 2.86. The average molecular weight is 338 g/mol. The van der Waals surface area contributed by atoms with Gasteiger partial charge in [0.05, 0.1) is 13.2 Å². The Morgan fingerprint density at radius 3 is 2.50 bits per heavy atom. The van der Waals surface area contributed by atoms with Gasteiger partial charge in [-0.1, -0.05) is 22.0 Å². The number of halogens is 2. The third-order valence-corrected chi connectivity index (χ3v) is 4.05. The number of aryl methyl sites for hydroxylation is 2. The van der Waals surface area contributed by atoms with Gasteiger partial charge in [-0.05, 0) is 54.8 Å². The summed E-state index contributed by atoms with van der Waals surface area (Å²) >= 11 is 3.46. The van der Waals surface area contributed by atoms with E-state index in [0.29, 0.717) is 11.3 Å². The van der Waals surface area contributed by atoms with Gasteiger partial charge < -0.3 is 10.5 Å². The lowest BCUT2D eigenvalue weighted by molar-refractivity contribution is 0.414. The maximum absolute atomic E-state index is 14.2. The highest BCUT2D eigenvalue weighted by Crippen LogP contribution is 2.33. The van der Waals surface area contributed by atoms with E-state index in [1.54, 1.807) is 7.11 Å². The van der Waals surface area contributed by atoms with Crippen LogP contribution in [0.1, 0.15) is 28.3 Å². The van der Waals surface area contributed by atoms with Gasteiger partial charge in [0.2, 0.25) is 0 Å². The van der Waals surface area contributed by atoms with Crippen LogP contribution in [0.5, 0.6) is 5.75 Å². The first-order valence-corrected chi connectivity index (χ1v) is 7.09. The summed E-state index contributed by atoms with van der Waals surface area (Å²) in [7, 11) is 1.59. The first kappa shape index (κ1) is 15.0. The minimum Gasteiger partial charge on any atom is -0.497 e. The molecule has 0 fully saturated rings. The molecule has 0 aliphatic heterocycles. The number of methoxy groups -OCH3 is 1. The summed E-state index contributed by atoms with van der Waals surface area (Å²) in [6, 6.07) is 8.42. The Morgan fingerprint density at radius 2 is 1.90 bits per heavy atom. The molecule has 0 heterocycles. The van der Waals surface area contributed by atoms with Crippen molar-refractivity contribution in [2.24, 2.45) is 5.73 Å². The molecule has 0 aliphatic carbocycles. The SMILES string of the molecule is COc1ccc(Br)c(C(N)c2c(C)cc(C)cc2F)c1. The minimum atomic E-state index is -0.542. The van der Waals surface area contributed by atoms with E-state index in [-0.39, 0.29) is 5.82 Å². The number of ether oxygens (including phenoxy) is 1. The molecule has 2 rings (SSSR count). The summed E-state index contributed by atoms with van der Waals surface area (Å²) in [5.41, 5.74) is 9.33. The smallest absolute Gasteiger partial charge is 0.128 e. The summed E-state index contributed by atoms with van der Waals surface area (Å²) in [5, 5.41) is 0. The predicted octanol–water partition coefficient (Wildman–Crippen LogP) is 4.26. The lowest BCUT2D eigenvalue weighted by atomic mass is 9.94. The molecule has 2 nitrogen and oxygen atoms in total. The maximum atomic E-state index is 14.2. The highest BCUT2D eigenvalue weighted by Gasteiger charge is 2.19. The summed E-state index contributed by atoms with van der Waals surface area (Å²) in [5.74, 6) is 0.425. The highest BCUT2D eigenvalue weighted by molar-refractivity contribution is 9.10. The number of benzene rings is 2. The minimum absolute atomic E-state index is 0.273. The van der Waals surface area contributed by atoms with Crippen molar-refractivity contribution in [3.63, 3.8) is 0 Å². The Hall–Kier alpha value is -1.39. The molecule has 0 saturated heterocycles. The highest BCUT2D eigenvalue weighted by atomic mass is 79.9. The van der Waals surface area contributed by atoms with Crippen molar-refractivity contribution in [3.8, 4) is 5.75 Å². The van der Waals surface area contributed by atoms with E-state index in [1.807, 2.05) is 38.1 Å². The largest absolute Gasteiger partial charge is 0.497 e. The molecular formula is C16H17BrFNO. The standard InChI is InChI=1S/C16H17BrFNO/c1-9-6-10(2)15(14(18)7-9)16(19)12-8-11(20-3)4-5-13(12)17/h4-8,16H,19H2,1-3H3. The molecule has 0 spiro atoms. The lowest BCUT2D eigenvalue weighted by Gasteiger charge is -2.19. The van der Waals surface area contributed by atoms with E-state index in [2.05, 4.69) is 15.9 Å². The fourth-order valence-electron chi connectivity index (χ4n) is 2.36. The van der Waals surface area contributed by atoms with Crippen molar-refractivity contribution in [2.75, 3.05) is 7.11 Å². The molecule has 106 valence electrons. The molecule has 1 atom stereocenters. The molecule has 2 aromatic rings. The summed E-state index contributed by atoms with van der Waals surface area (Å²) in [4.78, 5) is 0. The molecule has 1 unspecified atom stereocenters. The van der Waals surface area contributed by atoms with Crippen LogP contribution in [0.2, 0.25) is 0 Å². The van der Waals surface area contributed by atoms with E-state index in [0.717, 1.165) is 21.2 Å². The van der Waals surface area contributed by atoms with Gasteiger partial charge in [0.15, 0.2) is 0 Å². The molecule has 0 radical (unpaired) electrons. The number of rotatable bonds is 3. The van der Waals surface area contributed by atoms with Crippen LogP contribution in [0.25, 0.3) is 0 Å². The Bertz CT molecular complexity index is 619. The monoisotopic (exact) mass is 337 g/mol. The van der Waals surface area contributed by atoms with Crippen molar-refractivity contribution in [1.29, 1.82) is 0 Å². The van der Waals surface area contributed by atoms with E-state index in [1.165, 1.54) is 6.07 Å². The van der Waals surface area contributed by atoms with Gasteiger partial charge >= 0.3 is 0 Å². The van der Waals surface area contributed by atoms with Crippen LogP contribution >= 0.6 is 15.9 Å². The van der Waals surface area contributed by atoms with Crippen LogP contribution in [-0.2, 0) is 0 Å². The molecule has 0 aliphatic rings. The van der Waals surface area contributed by atoms with Gasteiger partial charge in [-0.15, -0.1) is 0 Å². The van der Waals surface area contributed by atoms with Gasteiger partial charge in [0, 0.05) is 10.0 Å². The second kappa shape index (κ2) is 5.94. The summed E-state index contributed by atoms with van der Waals surface area (Å²) in [6.45, 7) is 3.74. The van der Waals surface area contributed by atoms with Gasteiger partial charge in [-0.2, -0.15) is 0 Å². The molecule has 2 aromatic carbocycles. The van der Waals surface area contributed by atoms with Crippen molar-refractivity contribution >= 4 is 15.9 Å². The first-order valence-electron chi connectivity index (χ1n) is 6.29. The molecule has 0 saturated carbocycles. The van der Waals surface area contributed by atoms with Crippen molar-refractivity contribution in [3.05, 3.63) is 62.9 Å². The van der Waals surface area contributed by atoms with Crippen molar-refractivity contribution < 1.29 is 9.13 Å². The van der Waals surface area contributed by atoms with Crippen LogP contribution in [0.15, 0.2) is 34.8 Å². The van der Waals surface area contributed by atoms with Crippen LogP contribution < -0.4 is 10.5 Å². The number of nitrogens with two attached hydrogens (primary N) is 1. The first-order chi connectivity index (χ1) is 9.43. The van der Waals surface area contributed by atoms with Crippen LogP contribution in [0.4, 0.5) is 4.39 Å². The van der Waals surface area contributed by atoms with Crippen molar-refractivity contribution in [1.82, 2.24) is 0 Å². The Labute approximate surface area is 126 Å². The molecule has 0 aromatic heterocycles. The quantitative estimate of drug-likeness (QED) is 0.907. The van der Waals surface area contributed by atoms with Crippen LogP contribution in [0, 0.1) is 19.7 Å². The van der Waals surface area contributed by atoms with Gasteiger partial charge in [0.1, 0.15) is 11.6 Å². The molecule has 0 bridgehead atoms. The zero-order valence-corrected chi connectivity index (χ0v) is 13.3. The Morgan fingerprint density at radius 1 is 1.20 bits per heavy atom. The van der Waals surface area contributed by atoms with Crippen LogP contribution in [0.3, 0.4) is 0 Å². The second-order valence-electron chi connectivity index (χ2n) is 4.84. The zero-order valence-electron chi connectivity index (χ0n) is 11.7. The lowest BCUT2D eigenvalue weighted by Crippen LogP contribution is -2.16. The summed E-state index contributed by atoms with van der Waals surface area (Å²) in [6.07, 6.45) is 0. The second-order valence-corrected chi connectivity index (χ2v) is 5.70. The van der Waals surface area contributed by atoms with E-state index in [9.17, 15) is 4.39 Å².